The number of nitrogens with two attached hydrogens (primary N) is 1. The molecule has 4 heteroatoms. The highest BCUT2D eigenvalue weighted by atomic mass is 16.5. The molecule has 1 saturated heterocycles. The fourth-order valence-electron chi connectivity index (χ4n) is 2.37. The molecule has 1 amide bonds. The van der Waals surface area contributed by atoms with Crippen LogP contribution in [0.2, 0.25) is 0 Å². The Labute approximate surface area is 104 Å². The molecule has 1 rings (SSSR count). The zero-order chi connectivity index (χ0) is 12.7. The van der Waals surface area contributed by atoms with Gasteiger partial charge in [0.15, 0.2) is 0 Å². The molecule has 0 spiro atoms. The summed E-state index contributed by atoms with van der Waals surface area (Å²) in [4.78, 5) is 13.9. The molecule has 2 N–H and O–H groups in total. The van der Waals surface area contributed by atoms with Crippen LogP contribution in [0.4, 0.5) is 0 Å². The minimum Gasteiger partial charge on any atom is -0.375 e. The normalized spacial score (nSPS) is 23.6. The van der Waals surface area contributed by atoms with Gasteiger partial charge < -0.3 is 15.4 Å². The lowest BCUT2D eigenvalue weighted by atomic mass is 9.98. The van der Waals surface area contributed by atoms with Crippen molar-refractivity contribution in [2.24, 2.45) is 11.7 Å². The summed E-state index contributed by atoms with van der Waals surface area (Å²) in [6.45, 7) is 6.81. The van der Waals surface area contributed by atoms with Crippen LogP contribution in [0.1, 0.15) is 39.5 Å². The first-order valence-electron chi connectivity index (χ1n) is 6.80. The molecule has 0 aromatic rings. The first-order valence-corrected chi connectivity index (χ1v) is 6.80. The third-order valence-electron chi connectivity index (χ3n) is 3.59. The van der Waals surface area contributed by atoms with Crippen LogP contribution >= 0.6 is 0 Å². The predicted octanol–water partition coefficient (Wildman–Crippen LogP) is 1.39. The molecule has 0 aliphatic carbocycles. The Morgan fingerprint density at radius 2 is 2.24 bits per heavy atom. The maximum atomic E-state index is 12.0. The molecule has 1 aliphatic rings. The zero-order valence-corrected chi connectivity index (χ0v) is 11.2. The highest BCUT2D eigenvalue weighted by Gasteiger charge is 2.23. The minimum atomic E-state index is -0.0119. The first-order chi connectivity index (χ1) is 8.21. The highest BCUT2D eigenvalue weighted by molar-refractivity contribution is 5.76. The number of hydrogen-bond donors (Lipinski definition) is 1. The molecule has 17 heavy (non-hydrogen) atoms. The van der Waals surface area contributed by atoms with Crippen LogP contribution in [-0.4, -0.2) is 43.2 Å². The Kier molecular flexibility index (Phi) is 6.52. The van der Waals surface area contributed by atoms with Gasteiger partial charge in [-0.2, -0.15) is 0 Å². The van der Waals surface area contributed by atoms with E-state index in [1.807, 2.05) is 11.8 Å². The summed E-state index contributed by atoms with van der Waals surface area (Å²) in [6, 6.07) is 0. The number of ether oxygens (including phenoxy) is 1. The van der Waals surface area contributed by atoms with Gasteiger partial charge in [0.2, 0.25) is 5.91 Å². The highest BCUT2D eigenvalue weighted by Crippen LogP contribution is 2.21. The Morgan fingerprint density at radius 3 is 2.82 bits per heavy atom. The SMILES string of the molecule is CCOC(CN)CN1CCC(CC)CCC1=O. The third kappa shape index (κ3) is 4.64. The van der Waals surface area contributed by atoms with Crippen LogP contribution < -0.4 is 5.73 Å². The lowest BCUT2D eigenvalue weighted by molar-refractivity contribution is -0.132. The standard InChI is InChI=1S/C13H26N2O2/c1-3-11-5-6-13(16)15(8-7-11)10-12(9-14)17-4-2/h11-12H,3-10,14H2,1-2H3. The monoisotopic (exact) mass is 242 g/mol. The Morgan fingerprint density at radius 1 is 1.47 bits per heavy atom. The summed E-state index contributed by atoms with van der Waals surface area (Å²) in [6.07, 6.45) is 4.00. The van der Waals surface area contributed by atoms with E-state index in [-0.39, 0.29) is 12.0 Å². The second-order valence-corrected chi connectivity index (χ2v) is 4.75. The molecule has 2 atom stereocenters. The van der Waals surface area contributed by atoms with E-state index in [2.05, 4.69) is 6.92 Å². The van der Waals surface area contributed by atoms with Gasteiger partial charge in [-0.25, -0.2) is 0 Å². The topological polar surface area (TPSA) is 55.6 Å². The Bertz CT molecular complexity index is 233. The van der Waals surface area contributed by atoms with Gasteiger partial charge in [0, 0.05) is 32.7 Å². The van der Waals surface area contributed by atoms with Crippen molar-refractivity contribution >= 4 is 5.91 Å². The molecule has 4 nitrogen and oxygen atoms in total. The number of carbonyl (C=O) groups excluding carboxylic acids is 1. The van der Waals surface area contributed by atoms with E-state index < -0.39 is 0 Å². The second kappa shape index (κ2) is 7.67. The van der Waals surface area contributed by atoms with Gasteiger partial charge in [0.25, 0.3) is 0 Å². The van der Waals surface area contributed by atoms with Crippen molar-refractivity contribution in [1.82, 2.24) is 4.90 Å². The van der Waals surface area contributed by atoms with Crippen LogP contribution in [0, 0.1) is 5.92 Å². The van der Waals surface area contributed by atoms with Crippen molar-refractivity contribution in [3.05, 3.63) is 0 Å². The third-order valence-corrected chi connectivity index (χ3v) is 3.59. The second-order valence-electron chi connectivity index (χ2n) is 4.75. The summed E-state index contributed by atoms with van der Waals surface area (Å²) in [5.41, 5.74) is 5.65. The molecule has 1 aliphatic heterocycles. The maximum absolute atomic E-state index is 12.0. The van der Waals surface area contributed by atoms with Crippen LogP contribution in [0.15, 0.2) is 0 Å². The number of nitrogens with zero attached hydrogens (tertiary/aromatic N) is 1. The molecule has 1 heterocycles. The van der Waals surface area contributed by atoms with Crippen molar-refractivity contribution in [2.75, 3.05) is 26.2 Å². The molecule has 2 unspecified atom stereocenters. The molecule has 0 radical (unpaired) electrons. The lowest BCUT2D eigenvalue weighted by Crippen LogP contribution is -2.41. The van der Waals surface area contributed by atoms with E-state index in [4.69, 9.17) is 10.5 Å². The van der Waals surface area contributed by atoms with Gasteiger partial charge >= 0.3 is 0 Å². The summed E-state index contributed by atoms with van der Waals surface area (Å²) < 4.78 is 5.52. The average molecular weight is 242 g/mol. The van der Waals surface area contributed by atoms with Gasteiger partial charge in [-0.1, -0.05) is 13.3 Å². The summed E-state index contributed by atoms with van der Waals surface area (Å²) >= 11 is 0. The Hall–Kier alpha value is -0.610. The Balaban J connectivity index is 2.48. The quantitative estimate of drug-likeness (QED) is 0.765. The summed E-state index contributed by atoms with van der Waals surface area (Å²) in [5.74, 6) is 0.964. The van der Waals surface area contributed by atoms with E-state index in [0.29, 0.717) is 32.0 Å². The van der Waals surface area contributed by atoms with Gasteiger partial charge in [-0.05, 0) is 25.7 Å². The van der Waals surface area contributed by atoms with Gasteiger partial charge in [-0.3, -0.25) is 4.79 Å². The van der Waals surface area contributed by atoms with E-state index in [0.717, 1.165) is 19.4 Å². The molecule has 0 saturated carbocycles. The minimum absolute atomic E-state index is 0.0119. The van der Waals surface area contributed by atoms with E-state index in [9.17, 15) is 4.79 Å². The molecule has 0 aromatic heterocycles. The molecule has 0 aromatic carbocycles. The number of amides is 1. The van der Waals surface area contributed by atoms with Crippen molar-refractivity contribution in [3.63, 3.8) is 0 Å². The maximum Gasteiger partial charge on any atom is 0.222 e. The number of carbonyl (C=O) groups is 1. The first kappa shape index (κ1) is 14.5. The van der Waals surface area contributed by atoms with Crippen molar-refractivity contribution in [1.29, 1.82) is 0 Å². The van der Waals surface area contributed by atoms with Gasteiger partial charge in [0.05, 0.1) is 6.10 Å². The molecular weight excluding hydrogens is 216 g/mol. The van der Waals surface area contributed by atoms with Crippen molar-refractivity contribution in [3.8, 4) is 0 Å². The summed E-state index contributed by atoms with van der Waals surface area (Å²) in [7, 11) is 0. The smallest absolute Gasteiger partial charge is 0.222 e. The van der Waals surface area contributed by atoms with Crippen molar-refractivity contribution < 1.29 is 9.53 Å². The van der Waals surface area contributed by atoms with Crippen LogP contribution in [0.25, 0.3) is 0 Å². The lowest BCUT2D eigenvalue weighted by Gasteiger charge is -2.25. The average Bonchev–Trinajstić information content (AvgIpc) is 2.52. The fourth-order valence-corrected chi connectivity index (χ4v) is 2.37. The van der Waals surface area contributed by atoms with Crippen LogP contribution in [0.5, 0.6) is 0 Å². The fraction of sp³-hybridized carbons (Fsp3) is 0.923. The number of likely N-dealkylation sites (tertiary alicyclic amines) is 1. The van der Waals surface area contributed by atoms with Crippen LogP contribution in [0.3, 0.4) is 0 Å². The number of hydrogen-bond acceptors (Lipinski definition) is 3. The zero-order valence-electron chi connectivity index (χ0n) is 11.2. The van der Waals surface area contributed by atoms with E-state index >= 15 is 0 Å². The largest absolute Gasteiger partial charge is 0.375 e. The predicted molar refractivity (Wildman–Crippen MR) is 68.7 cm³/mol. The molecule has 1 fully saturated rings. The number of rotatable bonds is 6. The molecular formula is C13H26N2O2. The van der Waals surface area contributed by atoms with E-state index in [1.165, 1.54) is 6.42 Å². The molecule has 100 valence electrons. The molecule has 0 bridgehead atoms. The summed E-state index contributed by atoms with van der Waals surface area (Å²) in [5, 5.41) is 0. The van der Waals surface area contributed by atoms with Crippen molar-refractivity contribution in [2.45, 2.75) is 45.6 Å². The van der Waals surface area contributed by atoms with Crippen LogP contribution in [-0.2, 0) is 9.53 Å². The van der Waals surface area contributed by atoms with Gasteiger partial charge in [-0.15, -0.1) is 0 Å². The van der Waals surface area contributed by atoms with Gasteiger partial charge in [0.1, 0.15) is 0 Å². The van der Waals surface area contributed by atoms with E-state index in [1.54, 1.807) is 0 Å².